The number of thiophene rings is 1. The third-order valence-corrected chi connectivity index (χ3v) is 15.2. The van der Waals surface area contributed by atoms with Crippen molar-refractivity contribution in [3.63, 3.8) is 0 Å². The van der Waals surface area contributed by atoms with E-state index < -0.39 is 0 Å². The predicted molar refractivity (Wildman–Crippen MR) is 259 cm³/mol. The normalized spacial score (nSPS) is 14.5. The molecule has 0 saturated carbocycles. The van der Waals surface area contributed by atoms with Gasteiger partial charge in [-0.1, -0.05) is 143 Å². The van der Waals surface area contributed by atoms with Gasteiger partial charge in [-0.2, -0.15) is 0 Å². The quantitative estimate of drug-likeness (QED) is 0.176. The van der Waals surface area contributed by atoms with Gasteiger partial charge in [0.1, 0.15) is 11.2 Å². The minimum Gasteiger partial charge on any atom is -0.455 e. The van der Waals surface area contributed by atoms with Crippen LogP contribution in [0.3, 0.4) is 0 Å². The maximum Gasteiger partial charge on any atom is 0.144 e. The van der Waals surface area contributed by atoms with Crippen molar-refractivity contribution < 1.29 is 4.42 Å². The molecule has 2 heterocycles. The maximum absolute atomic E-state index is 6.83. The molecule has 0 bridgehead atoms. The van der Waals surface area contributed by atoms with Crippen LogP contribution >= 0.6 is 11.3 Å². The average Bonchev–Trinajstić information content (AvgIpc) is 3.99. The van der Waals surface area contributed by atoms with Crippen LogP contribution in [0.25, 0.3) is 86.3 Å². The van der Waals surface area contributed by atoms with E-state index in [1.807, 2.05) is 11.3 Å². The van der Waals surface area contributed by atoms with Gasteiger partial charge in [-0.15, -0.1) is 11.3 Å². The summed E-state index contributed by atoms with van der Waals surface area (Å²) >= 11 is 1.84. The van der Waals surface area contributed by atoms with Crippen LogP contribution in [-0.4, -0.2) is 0 Å². The third kappa shape index (κ3) is 4.78. The van der Waals surface area contributed by atoms with E-state index in [1.54, 1.807) is 0 Å². The van der Waals surface area contributed by atoms with Gasteiger partial charge in [0.2, 0.25) is 0 Å². The van der Waals surface area contributed by atoms with Gasteiger partial charge >= 0.3 is 0 Å². The lowest BCUT2D eigenvalue weighted by Crippen LogP contribution is -2.16. The van der Waals surface area contributed by atoms with Crippen LogP contribution in [0.1, 0.15) is 49.9 Å². The Hall–Kier alpha value is -6.94. The van der Waals surface area contributed by atoms with E-state index in [1.165, 1.54) is 92.0 Å². The molecular formula is C58H41NOS. The highest BCUT2D eigenvalue weighted by molar-refractivity contribution is 7.26. The monoisotopic (exact) mass is 799 g/mol. The topological polar surface area (TPSA) is 16.4 Å². The van der Waals surface area contributed by atoms with Crippen LogP contribution in [0.5, 0.6) is 0 Å². The zero-order valence-corrected chi connectivity index (χ0v) is 35.3. The Kier molecular flexibility index (Phi) is 7.04. The fourth-order valence-corrected chi connectivity index (χ4v) is 12.2. The molecule has 0 radical (unpaired) electrons. The summed E-state index contributed by atoms with van der Waals surface area (Å²) in [5.41, 5.74) is 18.4. The van der Waals surface area contributed by atoms with Crippen molar-refractivity contribution in [2.24, 2.45) is 0 Å². The predicted octanol–water partition coefficient (Wildman–Crippen LogP) is 16.9. The van der Waals surface area contributed by atoms with Crippen LogP contribution in [-0.2, 0) is 10.8 Å². The molecule has 13 rings (SSSR count). The van der Waals surface area contributed by atoms with Crippen LogP contribution in [0.4, 0.5) is 17.1 Å². The second-order valence-electron chi connectivity index (χ2n) is 18.0. The van der Waals surface area contributed by atoms with Gasteiger partial charge in [0.15, 0.2) is 0 Å². The molecule has 11 aromatic rings. The van der Waals surface area contributed by atoms with E-state index in [2.05, 4.69) is 209 Å². The van der Waals surface area contributed by atoms with Gasteiger partial charge in [-0.05, 0) is 127 Å². The lowest BCUT2D eigenvalue weighted by molar-refractivity contribution is 0.660. The molecule has 61 heavy (non-hydrogen) atoms. The summed E-state index contributed by atoms with van der Waals surface area (Å²) in [6.45, 7) is 9.47. The summed E-state index contributed by atoms with van der Waals surface area (Å²) in [5, 5.41) is 7.19. The molecule has 0 fully saturated rings. The van der Waals surface area contributed by atoms with Gasteiger partial charge in [-0.25, -0.2) is 0 Å². The molecule has 2 aliphatic rings. The number of hydrogen-bond acceptors (Lipinski definition) is 3. The van der Waals surface area contributed by atoms with Gasteiger partial charge < -0.3 is 9.32 Å². The molecule has 2 aliphatic carbocycles. The molecule has 0 amide bonds. The maximum atomic E-state index is 6.83. The van der Waals surface area contributed by atoms with Crippen LogP contribution in [0, 0.1) is 0 Å². The molecule has 0 unspecified atom stereocenters. The summed E-state index contributed by atoms with van der Waals surface area (Å²) in [4.78, 5) is 2.45. The van der Waals surface area contributed by atoms with Crippen molar-refractivity contribution >= 4 is 81.3 Å². The van der Waals surface area contributed by atoms with Crippen LogP contribution < -0.4 is 4.90 Å². The summed E-state index contributed by atoms with van der Waals surface area (Å²) in [6, 6.07) is 65.5. The Morgan fingerprint density at radius 3 is 1.90 bits per heavy atom. The van der Waals surface area contributed by atoms with Crippen molar-refractivity contribution in [3.05, 3.63) is 198 Å². The molecule has 2 aromatic heterocycles. The highest BCUT2D eigenvalue weighted by Crippen LogP contribution is 2.54. The minimum atomic E-state index is -0.125. The Bertz CT molecular complexity index is 3650. The number of rotatable bonds is 4. The molecule has 290 valence electrons. The second-order valence-corrected chi connectivity index (χ2v) is 19.1. The molecule has 0 N–H and O–H groups in total. The summed E-state index contributed by atoms with van der Waals surface area (Å²) in [7, 11) is 0. The van der Waals surface area contributed by atoms with Gasteiger partial charge in [0.25, 0.3) is 0 Å². The van der Waals surface area contributed by atoms with Crippen molar-refractivity contribution in [1.82, 2.24) is 0 Å². The highest BCUT2D eigenvalue weighted by atomic mass is 32.1. The van der Waals surface area contributed by atoms with E-state index in [4.69, 9.17) is 4.42 Å². The number of anilines is 3. The molecule has 3 heteroatoms. The van der Waals surface area contributed by atoms with E-state index >= 15 is 0 Å². The lowest BCUT2D eigenvalue weighted by Gasteiger charge is -2.28. The standard InChI is InChI=1S/C58H41NOS/c1-57(2)47-18-9-7-14-41(47)43-27-25-38(33-49(43)57)59(36-23-20-35(21-24-36)40-16-11-17-44-42-15-8-10-19-48(42)58(3,4)55(40)44)37-26-30-51-46(32-37)54-52(61-51)31-28-45-53-39-13-6-5-12-34(39)22-29-50(53)60-56(45)54/h5-33H,1-4H3. The number of nitrogens with zero attached hydrogens (tertiary/aromatic N) is 1. The SMILES string of the molecule is CC1(C)c2ccccc2-c2ccc(N(c3ccc(-c4cccc5c4C(C)(C)c4ccccc4-5)cc3)c3ccc4sc5ccc6c(oc7ccc8ccccc8c76)c5c4c3)cc21. The van der Waals surface area contributed by atoms with E-state index in [-0.39, 0.29) is 10.8 Å². The number of fused-ring (bicyclic) bond motifs is 15. The Morgan fingerprint density at radius 2 is 1.07 bits per heavy atom. The number of benzene rings is 9. The summed E-state index contributed by atoms with van der Waals surface area (Å²) in [5.74, 6) is 0. The van der Waals surface area contributed by atoms with E-state index in [9.17, 15) is 0 Å². The Morgan fingerprint density at radius 1 is 0.426 bits per heavy atom. The number of hydrogen-bond donors (Lipinski definition) is 0. The molecule has 0 atom stereocenters. The lowest BCUT2D eigenvalue weighted by atomic mass is 9.79. The zero-order chi connectivity index (χ0) is 40.8. The Labute approximate surface area is 358 Å². The number of furan rings is 1. The first kappa shape index (κ1) is 34.9. The zero-order valence-electron chi connectivity index (χ0n) is 34.5. The molecule has 0 aliphatic heterocycles. The molecule has 0 saturated heterocycles. The highest BCUT2D eigenvalue weighted by Gasteiger charge is 2.38. The fraction of sp³-hybridized carbons (Fsp3) is 0.103. The van der Waals surface area contributed by atoms with Crippen molar-refractivity contribution in [2.45, 2.75) is 38.5 Å². The van der Waals surface area contributed by atoms with Gasteiger partial charge in [0, 0.05) is 58.8 Å². The smallest absolute Gasteiger partial charge is 0.144 e. The largest absolute Gasteiger partial charge is 0.455 e. The minimum absolute atomic E-state index is 0.0981. The average molecular weight is 800 g/mol. The molecule has 9 aromatic carbocycles. The first-order valence-corrected chi connectivity index (χ1v) is 22.1. The van der Waals surface area contributed by atoms with Gasteiger partial charge in [0.05, 0.1) is 0 Å². The van der Waals surface area contributed by atoms with Gasteiger partial charge in [-0.3, -0.25) is 0 Å². The van der Waals surface area contributed by atoms with Crippen LogP contribution in [0.15, 0.2) is 180 Å². The Balaban J connectivity index is 1.01. The van der Waals surface area contributed by atoms with Crippen molar-refractivity contribution in [2.75, 3.05) is 4.90 Å². The molecule has 2 nitrogen and oxygen atoms in total. The fourth-order valence-electron chi connectivity index (χ4n) is 11.1. The van der Waals surface area contributed by atoms with Crippen molar-refractivity contribution in [1.29, 1.82) is 0 Å². The first-order chi connectivity index (χ1) is 29.8. The molecule has 0 spiro atoms. The van der Waals surface area contributed by atoms with Crippen molar-refractivity contribution in [3.8, 4) is 33.4 Å². The summed E-state index contributed by atoms with van der Waals surface area (Å²) in [6.07, 6.45) is 0. The first-order valence-electron chi connectivity index (χ1n) is 21.3. The van der Waals surface area contributed by atoms with Crippen LogP contribution in [0.2, 0.25) is 0 Å². The van der Waals surface area contributed by atoms with E-state index in [0.717, 1.165) is 33.6 Å². The molecular weight excluding hydrogens is 759 g/mol. The van der Waals surface area contributed by atoms with E-state index in [0.29, 0.717) is 0 Å². The third-order valence-electron chi connectivity index (χ3n) is 14.0. The second kappa shape index (κ2) is 12.3. The summed E-state index contributed by atoms with van der Waals surface area (Å²) < 4.78 is 9.31.